The van der Waals surface area contributed by atoms with Crippen LogP contribution in [0.15, 0.2) is 48.5 Å². The first-order chi connectivity index (χ1) is 8.34. The quantitative estimate of drug-likeness (QED) is 0.767. The fourth-order valence-electron chi connectivity index (χ4n) is 2.58. The zero-order chi connectivity index (χ0) is 11.7. The molecule has 2 aromatic rings. The minimum absolute atomic E-state index is 0.591. The molecule has 0 aliphatic carbocycles. The lowest BCUT2D eigenvalue weighted by Gasteiger charge is -2.26. The summed E-state index contributed by atoms with van der Waals surface area (Å²) >= 11 is 0. The normalized spacial score (nSPS) is 18.3. The van der Waals surface area contributed by atoms with E-state index in [1.165, 1.54) is 35.2 Å². The van der Waals surface area contributed by atoms with Gasteiger partial charge in [-0.3, -0.25) is 0 Å². The number of rotatable bonds is 1. The van der Waals surface area contributed by atoms with E-state index in [0.29, 0.717) is 6.04 Å². The van der Waals surface area contributed by atoms with E-state index in [9.17, 15) is 0 Å². The highest BCUT2D eigenvalue weighted by molar-refractivity contribution is 5.74. The van der Waals surface area contributed by atoms with Crippen molar-refractivity contribution in [3.63, 3.8) is 0 Å². The van der Waals surface area contributed by atoms with Crippen molar-refractivity contribution in [3.05, 3.63) is 54.1 Å². The van der Waals surface area contributed by atoms with Gasteiger partial charge >= 0.3 is 0 Å². The fraction of sp³-hybridized carbons (Fsp3) is 0.250. The topological polar surface area (TPSA) is 12.0 Å². The van der Waals surface area contributed by atoms with Crippen LogP contribution in [0.25, 0.3) is 11.1 Å². The van der Waals surface area contributed by atoms with Crippen molar-refractivity contribution in [2.75, 3.05) is 5.32 Å². The van der Waals surface area contributed by atoms with Gasteiger partial charge in [-0.15, -0.1) is 0 Å². The van der Waals surface area contributed by atoms with Crippen LogP contribution in [0.4, 0.5) is 5.69 Å². The van der Waals surface area contributed by atoms with Crippen LogP contribution in [0.5, 0.6) is 0 Å². The predicted octanol–water partition coefficient (Wildman–Crippen LogP) is 4.10. The van der Waals surface area contributed by atoms with Crippen molar-refractivity contribution in [3.8, 4) is 11.1 Å². The third kappa shape index (κ3) is 1.93. The molecule has 0 saturated heterocycles. The maximum atomic E-state index is 3.57. The van der Waals surface area contributed by atoms with Crippen LogP contribution < -0.4 is 5.32 Å². The van der Waals surface area contributed by atoms with Crippen LogP contribution in [0.1, 0.15) is 18.9 Å². The molecule has 0 amide bonds. The van der Waals surface area contributed by atoms with Crippen molar-refractivity contribution >= 4 is 5.69 Å². The fourth-order valence-corrected chi connectivity index (χ4v) is 2.58. The Labute approximate surface area is 102 Å². The van der Waals surface area contributed by atoms with Gasteiger partial charge in [0.1, 0.15) is 0 Å². The number of benzene rings is 2. The average Bonchev–Trinajstić information content (AvgIpc) is 2.39. The molecule has 1 aliphatic heterocycles. The summed E-state index contributed by atoms with van der Waals surface area (Å²) in [7, 11) is 0. The number of hydrogen-bond acceptors (Lipinski definition) is 1. The maximum absolute atomic E-state index is 3.57. The van der Waals surface area contributed by atoms with E-state index in [0.717, 1.165) is 0 Å². The molecule has 86 valence electrons. The van der Waals surface area contributed by atoms with Gasteiger partial charge in [0.05, 0.1) is 0 Å². The van der Waals surface area contributed by atoms with Gasteiger partial charge in [-0.05, 0) is 42.5 Å². The Bertz CT molecular complexity index is 516. The predicted molar refractivity (Wildman–Crippen MR) is 73.3 cm³/mol. The molecule has 0 radical (unpaired) electrons. The van der Waals surface area contributed by atoms with Gasteiger partial charge in [-0.25, -0.2) is 0 Å². The second-order valence-corrected chi connectivity index (χ2v) is 4.78. The van der Waals surface area contributed by atoms with E-state index in [-0.39, 0.29) is 0 Å². The van der Waals surface area contributed by atoms with Gasteiger partial charge in [0.25, 0.3) is 0 Å². The molecular weight excluding hydrogens is 206 g/mol. The lowest BCUT2D eigenvalue weighted by Crippen LogP contribution is -2.22. The highest BCUT2D eigenvalue weighted by Crippen LogP contribution is 2.33. The molecule has 1 heteroatoms. The summed E-state index contributed by atoms with van der Waals surface area (Å²) in [5.74, 6) is 0. The van der Waals surface area contributed by atoms with Crippen molar-refractivity contribution in [2.24, 2.45) is 0 Å². The molecule has 0 bridgehead atoms. The second kappa shape index (κ2) is 4.25. The molecule has 1 heterocycles. The smallest absolute Gasteiger partial charge is 0.0381 e. The Hall–Kier alpha value is -1.76. The summed E-state index contributed by atoms with van der Waals surface area (Å²) < 4.78 is 0. The van der Waals surface area contributed by atoms with Crippen molar-refractivity contribution < 1.29 is 0 Å². The third-order valence-corrected chi connectivity index (χ3v) is 3.49. The summed E-state index contributed by atoms with van der Waals surface area (Å²) in [5.41, 5.74) is 5.48. The van der Waals surface area contributed by atoms with Crippen LogP contribution >= 0.6 is 0 Å². The molecule has 1 N–H and O–H groups in total. The molecule has 3 rings (SSSR count). The van der Waals surface area contributed by atoms with E-state index >= 15 is 0 Å². The molecule has 2 aromatic carbocycles. The van der Waals surface area contributed by atoms with Crippen LogP contribution in [-0.4, -0.2) is 6.04 Å². The summed E-state index contributed by atoms with van der Waals surface area (Å²) in [4.78, 5) is 0. The Morgan fingerprint density at radius 3 is 2.65 bits per heavy atom. The minimum Gasteiger partial charge on any atom is -0.382 e. The van der Waals surface area contributed by atoms with Gasteiger partial charge in [-0.1, -0.05) is 42.5 Å². The molecule has 1 unspecified atom stereocenters. The molecule has 1 nitrogen and oxygen atoms in total. The van der Waals surface area contributed by atoms with E-state index in [2.05, 4.69) is 60.8 Å². The van der Waals surface area contributed by atoms with Gasteiger partial charge < -0.3 is 5.32 Å². The molecule has 17 heavy (non-hydrogen) atoms. The van der Waals surface area contributed by atoms with Gasteiger partial charge in [-0.2, -0.15) is 0 Å². The van der Waals surface area contributed by atoms with E-state index in [1.807, 2.05) is 0 Å². The number of nitrogens with one attached hydrogen (secondary N) is 1. The average molecular weight is 223 g/mol. The summed E-state index contributed by atoms with van der Waals surface area (Å²) in [6.45, 7) is 2.25. The Morgan fingerprint density at radius 1 is 1.00 bits per heavy atom. The third-order valence-electron chi connectivity index (χ3n) is 3.49. The van der Waals surface area contributed by atoms with Crippen molar-refractivity contribution in [1.29, 1.82) is 0 Å². The summed E-state index contributed by atoms with van der Waals surface area (Å²) in [6.07, 6.45) is 2.39. The lowest BCUT2D eigenvalue weighted by atomic mass is 9.91. The van der Waals surface area contributed by atoms with Crippen molar-refractivity contribution in [2.45, 2.75) is 25.8 Å². The molecule has 1 aliphatic rings. The molecule has 0 aromatic heterocycles. The Balaban J connectivity index is 2.10. The standard InChI is InChI=1S/C16H17N/c1-12-10-11-15-14(8-5-9-16(15)17-12)13-6-3-2-4-7-13/h2-9,12,17H,10-11H2,1H3. The summed E-state index contributed by atoms with van der Waals surface area (Å²) in [6, 6.07) is 17.8. The molecule has 0 fully saturated rings. The highest BCUT2D eigenvalue weighted by atomic mass is 14.9. The van der Waals surface area contributed by atoms with Crippen LogP contribution in [0.3, 0.4) is 0 Å². The van der Waals surface area contributed by atoms with E-state index < -0.39 is 0 Å². The SMILES string of the molecule is CC1CCc2c(cccc2-c2ccccc2)N1. The molecule has 0 spiro atoms. The molecule has 0 saturated carbocycles. The maximum Gasteiger partial charge on any atom is 0.0381 e. The minimum atomic E-state index is 0.591. The van der Waals surface area contributed by atoms with E-state index in [1.54, 1.807) is 0 Å². The van der Waals surface area contributed by atoms with Gasteiger partial charge in [0, 0.05) is 11.7 Å². The number of fused-ring (bicyclic) bond motifs is 1. The second-order valence-electron chi connectivity index (χ2n) is 4.78. The van der Waals surface area contributed by atoms with Crippen LogP contribution in [0.2, 0.25) is 0 Å². The molecule has 1 atom stereocenters. The van der Waals surface area contributed by atoms with Crippen LogP contribution in [0, 0.1) is 0 Å². The summed E-state index contributed by atoms with van der Waals surface area (Å²) in [5, 5.41) is 3.57. The lowest BCUT2D eigenvalue weighted by molar-refractivity contribution is 0.682. The van der Waals surface area contributed by atoms with E-state index in [4.69, 9.17) is 0 Å². The number of anilines is 1. The first kappa shape index (κ1) is 10.4. The molecular formula is C16H17N. The largest absolute Gasteiger partial charge is 0.382 e. The Kier molecular flexibility index (Phi) is 2.60. The first-order valence-electron chi connectivity index (χ1n) is 6.28. The number of hydrogen-bond donors (Lipinski definition) is 1. The zero-order valence-electron chi connectivity index (χ0n) is 10.1. The Morgan fingerprint density at radius 2 is 1.82 bits per heavy atom. The highest BCUT2D eigenvalue weighted by Gasteiger charge is 2.17. The van der Waals surface area contributed by atoms with Gasteiger partial charge in [0.15, 0.2) is 0 Å². The monoisotopic (exact) mass is 223 g/mol. The van der Waals surface area contributed by atoms with Gasteiger partial charge in [0.2, 0.25) is 0 Å². The first-order valence-corrected chi connectivity index (χ1v) is 6.28. The van der Waals surface area contributed by atoms with Crippen molar-refractivity contribution in [1.82, 2.24) is 0 Å². The van der Waals surface area contributed by atoms with Crippen LogP contribution in [-0.2, 0) is 6.42 Å². The zero-order valence-corrected chi connectivity index (χ0v) is 10.1.